The standard InChI is InChI=1S/C16H20O3/c17-15(18)16(7-1-2-8-16)9-5-12-3-4-14-13(11-12)6-10-19-14/h3-4,11H,1-2,5-10H2,(H,17,18). The first-order valence-electron chi connectivity index (χ1n) is 7.18. The summed E-state index contributed by atoms with van der Waals surface area (Å²) in [4.78, 5) is 11.5. The maximum atomic E-state index is 11.5. The van der Waals surface area contributed by atoms with Crippen molar-refractivity contribution in [3.05, 3.63) is 29.3 Å². The molecule has 3 nitrogen and oxygen atoms in total. The predicted octanol–water partition coefficient (Wildman–Crippen LogP) is 3.20. The predicted molar refractivity (Wildman–Crippen MR) is 72.5 cm³/mol. The number of hydrogen-bond donors (Lipinski definition) is 1. The van der Waals surface area contributed by atoms with Crippen LogP contribution in [0.15, 0.2) is 18.2 Å². The number of carbonyl (C=O) groups is 1. The maximum absolute atomic E-state index is 11.5. The van der Waals surface area contributed by atoms with E-state index in [0.717, 1.165) is 57.3 Å². The van der Waals surface area contributed by atoms with Gasteiger partial charge in [0.25, 0.3) is 0 Å². The molecule has 1 fully saturated rings. The summed E-state index contributed by atoms with van der Waals surface area (Å²) in [5.41, 5.74) is 2.06. The van der Waals surface area contributed by atoms with Crippen molar-refractivity contribution in [1.29, 1.82) is 0 Å². The molecule has 0 amide bonds. The first-order chi connectivity index (χ1) is 9.20. The van der Waals surface area contributed by atoms with Crippen LogP contribution in [0.5, 0.6) is 5.75 Å². The summed E-state index contributed by atoms with van der Waals surface area (Å²) in [6, 6.07) is 6.29. The van der Waals surface area contributed by atoms with E-state index in [4.69, 9.17) is 4.74 Å². The Morgan fingerprint density at radius 3 is 2.84 bits per heavy atom. The number of hydrogen-bond acceptors (Lipinski definition) is 2. The highest BCUT2D eigenvalue weighted by molar-refractivity contribution is 5.75. The quantitative estimate of drug-likeness (QED) is 0.904. The van der Waals surface area contributed by atoms with Gasteiger partial charge in [-0.15, -0.1) is 0 Å². The minimum absolute atomic E-state index is 0.463. The van der Waals surface area contributed by atoms with Crippen molar-refractivity contribution in [3.63, 3.8) is 0 Å². The molecule has 1 aromatic rings. The van der Waals surface area contributed by atoms with Crippen molar-refractivity contribution in [2.75, 3.05) is 6.61 Å². The van der Waals surface area contributed by atoms with Crippen molar-refractivity contribution < 1.29 is 14.6 Å². The third-order valence-electron chi connectivity index (χ3n) is 4.66. The number of benzene rings is 1. The molecule has 0 aromatic heterocycles. The average molecular weight is 260 g/mol. The molecule has 1 heterocycles. The fourth-order valence-electron chi connectivity index (χ4n) is 3.40. The fourth-order valence-corrected chi connectivity index (χ4v) is 3.40. The summed E-state index contributed by atoms with van der Waals surface area (Å²) in [5, 5.41) is 9.48. The summed E-state index contributed by atoms with van der Waals surface area (Å²) in [6.45, 7) is 0.776. The van der Waals surface area contributed by atoms with Crippen molar-refractivity contribution in [2.24, 2.45) is 5.41 Å². The Morgan fingerprint density at radius 1 is 1.32 bits per heavy atom. The number of carboxylic acids is 1. The third-order valence-corrected chi connectivity index (χ3v) is 4.66. The second-order valence-corrected chi connectivity index (χ2v) is 5.83. The van der Waals surface area contributed by atoms with E-state index in [2.05, 4.69) is 12.1 Å². The van der Waals surface area contributed by atoms with Crippen molar-refractivity contribution in [3.8, 4) is 5.75 Å². The van der Waals surface area contributed by atoms with E-state index >= 15 is 0 Å². The molecule has 0 bridgehead atoms. The summed E-state index contributed by atoms with van der Waals surface area (Å²) < 4.78 is 5.50. The second kappa shape index (κ2) is 4.87. The van der Waals surface area contributed by atoms with Gasteiger partial charge in [0.2, 0.25) is 0 Å². The van der Waals surface area contributed by atoms with Gasteiger partial charge in [-0.05, 0) is 42.9 Å². The molecule has 1 aliphatic carbocycles. The molecule has 0 unspecified atom stereocenters. The number of rotatable bonds is 4. The van der Waals surface area contributed by atoms with E-state index in [9.17, 15) is 9.90 Å². The van der Waals surface area contributed by atoms with Crippen LogP contribution in [0.25, 0.3) is 0 Å². The fraction of sp³-hybridized carbons (Fsp3) is 0.562. The van der Waals surface area contributed by atoms with E-state index in [1.807, 2.05) is 6.07 Å². The molecule has 3 rings (SSSR count). The molecule has 1 aromatic carbocycles. The Bertz CT molecular complexity index is 487. The monoisotopic (exact) mass is 260 g/mol. The van der Waals surface area contributed by atoms with E-state index in [1.54, 1.807) is 0 Å². The number of fused-ring (bicyclic) bond motifs is 1. The highest BCUT2D eigenvalue weighted by atomic mass is 16.5. The van der Waals surface area contributed by atoms with Crippen LogP contribution in [0.2, 0.25) is 0 Å². The Labute approximate surface area is 113 Å². The van der Waals surface area contributed by atoms with Crippen LogP contribution >= 0.6 is 0 Å². The van der Waals surface area contributed by atoms with Crippen LogP contribution in [0.1, 0.15) is 43.2 Å². The summed E-state index contributed by atoms with van der Waals surface area (Å²) in [5.74, 6) is 0.395. The minimum atomic E-state index is -0.602. The highest BCUT2D eigenvalue weighted by Gasteiger charge is 2.40. The van der Waals surface area contributed by atoms with Crippen LogP contribution in [-0.4, -0.2) is 17.7 Å². The van der Waals surface area contributed by atoms with Gasteiger partial charge in [-0.25, -0.2) is 0 Å². The summed E-state index contributed by atoms with van der Waals surface area (Å²) in [6.07, 6.45) is 6.41. The molecular formula is C16H20O3. The molecule has 0 spiro atoms. The highest BCUT2D eigenvalue weighted by Crippen LogP contribution is 2.42. The zero-order valence-electron chi connectivity index (χ0n) is 11.2. The number of aryl methyl sites for hydroxylation is 1. The Hall–Kier alpha value is -1.51. The van der Waals surface area contributed by atoms with Gasteiger partial charge in [0.1, 0.15) is 5.75 Å². The molecule has 1 aliphatic heterocycles. The molecule has 3 heteroatoms. The zero-order chi connectivity index (χ0) is 13.3. The topological polar surface area (TPSA) is 46.5 Å². The molecule has 0 radical (unpaired) electrons. The van der Waals surface area contributed by atoms with Gasteiger partial charge in [0.05, 0.1) is 12.0 Å². The third kappa shape index (κ3) is 2.34. The van der Waals surface area contributed by atoms with Gasteiger partial charge in [0, 0.05) is 6.42 Å². The SMILES string of the molecule is O=C(O)C1(CCc2ccc3c(c2)CCO3)CCCC1. The molecule has 102 valence electrons. The van der Waals surface area contributed by atoms with E-state index in [-0.39, 0.29) is 0 Å². The molecule has 0 atom stereocenters. The van der Waals surface area contributed by atoms with Crippen LogP contribution in [-0.2, 0) is 17.6 Å². The van der Waals surface area contributed by atoms with Gasteiger partial charge < -0.3 is 9.84 Å². The largest absolute Gasteiger partial charge is 0.493 e. The molecular weight excluding hydrogens is 240 g/mol. The van der Waals surface area contributed by atoms with Crippen LogP contribution in [0, 0.1) is 5.41 Å². The number of aliphatic carboxylic acids is 1. The molecule has 1 N–H and O–H groups in total. The Morgan fingerprint density at radius 2 is 2.11 bits per heavy atom. The first kappa shape index (κ1) is 12.5. The van der Waals surface area contributed by atoms with E-state index in [0.29, 0.717) is 0 Å². The molecule has 2 aliphatic rings. The first-order valence-corrected chi connectivity index (χ1v) is 7.18. The smallest absolute Gasteiger partial charge is 0.309 e. The van der Waals surface area contributed by atoms with E-state index in [1.165, 1.54) is 11.1 Å². The van der Waals surface area contributed by atoms with Crippen molar-refractivity contribution in [2.45, 2.75) is 44.9 Å². The van der Waals surface area contributed by atoms with Crippen LogP contribution < -0.4 is 4.74 Å². The summed E-state index contributed by atoms with van der Waals surface area (Å²) >= 11 is 0. The van der Waals surface area contributed by atoms with Gasteiger partial charge in [0.15, 0.2) is 0 Å². The van der Waals surface area contributed by atoms with Gasteiger partial charge in [-0.1, -0.05) is 25.0 Å². The normalized spacial score (nSPS) is 20.0. The van der Waals surface area contributed by atoms with E-state index < -0.39 is 11.4 Å². The summed E-state index contributed by atoms with van der Waals surface area (Å²) in [7, 11) is 0. The number of carboxylic acid groups (broad SMARTS) is 1. The van der Waals surface area contributed by atoms with Gasteiger partial charge in [-0.3, -0.25) is 4.79 Å². The average Bonchev–Trinajstić information content (AvgIpc) is 3.05. The molecule has 1 saturated carbocycles. The lowest BCUT2D eigenvalue weighted by molar-refractivity contribution is -0.149. The van der Waals surface area contributed by atoms with Crippen LogP contribution in [0.4, 0.5) is 0 Å². The minimum Gasteiger partial charge on any atom is -0.493 e. The van der Waals surface area contributed by atoms with Crippen molar-refractivity contribution >= 4 is 5.97 Å². The van der Waals surface area contributed by atoms with Gasteiger partial charge in [-0.2, -0.15) is 0 Å². The zero-order valence-corrected chi connectivity index (χ0v) is 11.2. The number of ether oxygens (including phenoxy) is 1. The van der Waals surface area contributed by atoms with Crippen LogP contribution in [0.3, 0.4) is 0 Å². The lowest BCUT2D eigenvalue weighted by Crippen LogP contribution is -2.28. The Kier molecular flexibility index (Phi) is 3.21. The molecule has 0 saturated heterocycles. The van der Waals surface area contributed by atoms with Gasteiger partial charge >= 0.3 is 5.97 Å². The molecule has 19 heavy (non-hydrogen) atoms. The van der Waals surface area contributed by atoms with Crippen molar-refractivity contribution in [1.82, 2.24) is 0 Å². The maximum Gasteiger partial charge on any atom is 0.309 e. The lowest BCUT2D eigenvalue weighted by Gasteiger charge is -2.23. The Balaban J connectivity index is 1.70. The lowest BCUT2D eigenvalue weighted by atomic mass is 9.80. The second-order valence-electron chi connectivity index (χ2n) is 5.83.